The van der Waals surface area contributed by atoms with Crippen molar-refractivity contribution in [2.45, 2.75) is 89.5 Å². The highest BCUT2D eigenvalue weighted by Gasteiger charge is 2.64. The molecule has 5 unspecified atom stereocenters. The summed E-state index contributed by atoms with van der Waals surface area (Å²) in [6, 6.07) is 0. The Kier molecular flexibility index (Phi) is 5.65. The molecule has 0 aromatic rings. The van der Waals surface area contributed by atoms with Crippen molar-refractivity contribution in [1.82, 2.24) is 0 Å². The fourth-order valence-corrected chi connectivity index (χ4v) is 5.56. The smallest absolute Gasteiger partial charge is 0.193 e. The Balaban J connectivity index is 1.66. The number of aliphatic hydroxyl groups excluding tert-OH is 1. The van der Waals surface area contributed by atoms with E-state index >= 15 is 0 Å². The minimum absolute atomic E-state index is 0.0135. The van der Waals surface area contributed by atoms with Crippen molar-refractivity contribution in [1.29, 1.82) is 0 Å². The van der Waals surface area contributed by atoms with Crippen molar-refractivity contribution in [2.75, 3.05) is 13.2 Å². The second-order valence-electron chi connectivity index (χ2n) is 9.76. The SMILES string of the molecule is CCCC(C#CC1CC2C(CC23OCCO3)C1O)O[Si](C)(C)C(C)(C)C. The standard InChI is InChI=1S/C21H36O4Si/c1-7-8-16(25-26(5,6)20(2,3)4)10-9-15-13-18-17(19(15)22)14-21(18)23-11-12-24-21/h15-19,22H,7-8,11-14H2,1-6H3. The first-order chi connectivity index (χ1) is 12.1. The van der Waals surface area contributed by atoms with Gasteiger partial charge >= 0.3 is 0 Å². The third kappa shape index (κ3) is 3.64. The molecule has 3 aliphatic rings. The van der Waals surface area contributed by atoms with E-state index in [4.69, 9.17) is 13.9 Å². The monoisotopic (exact) mass is 380 g/mol. The summed E-state index contributed by atoms with van der Waals surface area (Å²) in [5.74, 6) is 6.95. The Labute approximate surface area is 160 Å². The van der Waals surface area contributed by atoms with Crippen LogP contribution in [0.3, 0.4) is 0 Å². The number of hydrogen-bond acceptors (Lipinski definition) is 4. The minimum Gasteiger partial charge on any atom is -0.403 e. The summed E-state index contributed by atoms with van der Waals surface area (Å²) in [4.78, 5) is 0. The van der Waals surface area contributed by atoms with Crippen molar-refractivity contribution < 1.29 is 19.0 Å². The Bertz CT molecular complexity index is 565. The average molecular weight is 381 g/mol. The van der Waals surface area contributed by atoms with E-state index in [1.165, 1.54) is 0 Å². The number of ether oxygens (including phenoxy) is 2. The van der Waals surface area contributed by atoms with Crippen LogP contribution in [0.25, 0.3) is 0 Å². The summed E-state index contributed by atoms with van der Waals surface area (Å²) >= 11 is 0. The van der Waals surface area contributed by atoms with Gasteiger partial charge in [-0.05, 0) is 36.9 Å². The molecule has 0 bridgehead atoms. The van der Waals surface area contributed by atoms with Gasteiger partial charge in [0.25, 0.3) is 0 Å². The molecule has 3 rings (SSSR count). The summed E-state index contributed by atoms with van der Waals surface area (Å²) in [7, 11) is -1.85. The summed E-state index contributed by atoms with van der Waals surface area (Å²) in [6.07, 6.45) is 3.30. The molecule has 1 aliphatic heterocycles. The van der Waals surface area contributed by atoms with Crippen LogP contribution in [0, 0.1) is 29.6 Å². The lowest BCUT2D eigenvalue weighted by molar-refractivity contribution is -0.275. The molecular formula is C21H36O4Si. The zero-order chi connectivity index (χ0) is 19.2. The average Bonchev–Trinajstić information content (AvgIpc) is 3.10. The van der Waals surface area contributed by atoms with E-state index < -0.39 is 14.1 Å². The maximum Gasteiger partial charge on any atom is 0.193 e. The molecule has 0 amide bonds. The van der Waals surface area contributed by atoms with E-state index in [2.05, 4.69) is 52.6 Å². The molecule has 1 N–H and O–H groups in total. The van der Waals surface area contributed by atoms with Gasteiger partial charge in [-0.15, -0.1) is 0 Å². The van der Waals surface area contributed by atoms with E-state index in [0.717, 1.165) is 25.7 Å². The van der Waals surface area contributed by atoms with Crippen molar-refractivity contribution >= 4 is 8.32 Å². The van der Waals surface area contributed by atoms with E-state index in [1.807, 2.05) is 0 Å². The molecule has 26 heavy (non-hydrogen) atoms. The number of rotatable bonds is 4. The predicted molar refractivity (Wildman–Crippen MR) is 105 cm³/mol. The number of hydrogen-bond donors (Lipinski definition) is 1. The summed E-state index contributed by atoms with van der Waals surface area (Å²) in [5, 5.41) is 10.9. The third-order valence-electron chi connectivity index (χ3n) is 6.96. The fourth-order valence-electron chi connectivity index (χ4n) is 4.31. The third-order valence-corrected chi connectivity index (χ3v) is 11.4. The first kappa shape index (κ1) is 20.4. The van der Waals surface area contributed by atoms with Crippen LogP contribution in [0.1, 0.15) is 53.4 Å². The van der Waals surface area contributed by atoms with Gasteiger partial charge in [0.05, 0.1) is 19.3 Å². The summed E-state index contributed by atoms with van der Waals surface area (Å²) < 4.78 is 18.2. The quantitative estimate of drug-likeness (QED) is 0.593. The topological polar surface area (TPSA) is 47.9 Å². The van der Waals surface area contributed by atoms with E-state index in [9.17, 15) is 5.11 Å². The highest BCUT2D eigenvalue weighted by Crippen LogP contribution is 2.59. The second-order valence-corrected chi connectivity index (χ2v) is 14.5. The van der Waals surface area contributed by atoms with E-state index in [0.29, 0.717) is 19.1 Å². The van der Waals surface area contributed by atoms with Gasteiger partial charge in [0.15, 0.2) is 14.1 Å². The summed E-state index contributed by atoms with van der Waals surface area (Å²) in [6.45, 7) is 14.9. The van der Waals surface area contributed by atoms with Crippen LogP contribution in [0.2, 0.25) is 18.1 Å². The first-order valence-corrected chi connectivity index (χ1v) is 13.2. The Hall–Kier alpha value is -0.383. The predicted octanol–water partition coefficient (Wildman–Crippen LogP) is 3.94. The van der Waals surface area contributed by atoms with Crippen LogP contribution in [0.4, 0.5) is 0 Å². The van der Waals surface area contributed by atoms with Gasteiger partial charge in [0.1, 0.15) is 6.10 Å². The molecule has 5 atom stereocenters. The van der Waals surface area contributed by atoms with Gasteiger partial charge in [-0.25, -0.2) is 0 Å². The van der Waals surface area contributed by atoms with E-state index in [1.54, 1.807) is 0 Å². The molecule has 3 fully saturated rings. The Morgan fingerprint density at radius 3 is 2.50 bits per heavy atom. The van der Waals surface area contributed by atoms with Crippen LogP contribution >= 0.6 is 0 Å². The van der Waals surface area contributed by atoms with Gasteiger partial charge < -0.3 is 19.0 Å². The zero-order valence-corrected chi connectivity index (χ0v) is 18.3. The van der Waals surface area contributed by atoms with Crippen LogP contribution in [0.15, 0.2) is 0 Å². The van der Waals surface area contributed by atoms with Gasteiger partial charge in [0.2, 0.25) is 0 Å². The molecule has 0 radical (unpaired) electrons. The molecule has 1 heterocycles. The first-order valence-electron chi connectivity index (χ1n) is 10.2. The van der Waals surface area contributed by atoms with Crippen molar-refractivity contribution in [3.05, 3.63) is 0 Å². The maximum absolute atomic E-state index is 10.7. The molecule has 2 aliphatic carbocycles. The van der Waals surface area contributed by atoms with Gasteiger partial charge in [-0.1, -0.05) is 46.0 Å². The molecule has 4 nitrogen and oxygen atoms in total. The van der Waals surface area contributed by atoms with Gasteiger partial charge in [0, 0.05) is 18.3 Å². The molecule has 5 heteroatoms. The fraction of sp³-hybridized carbons (Fsp3) is 0.905. The Morgan fingerprint density at radius 1 is 1.27 bits per heavy atom. The van der Waals surface area contributed by atoms with Crippen molar-refractivity contribution in [3.63, 3.8) is 0 Å². The van der Waals surface area contributed by atoms with Gasteiger partial charge in [-0.3, -0.25) is 0 Å². The maximum atomic E-state index is 10.7. The molecule has 0 aromatic carbocycles. The Morgan fingerprint density at radius 2 is 1.92 bits per heavy atom. The summed E-state index contributed by atoms with van der Waals surface area (Å²) in [5.41, 5.74) is 0. The van der Waals surface area contributed by atoms with Crippen LogP contribution in [-0.2, 0) is 13.9 Å². The van der Waals surface area contributed by atoms with E-state index in [-0.39, 0.29) is 29.1 Å². The lowest BCUT2D eigenvalue weighted by atomic mass is 9.69. The van der Waals surface area contributed by atoms with Gasteiger partial charge in [-0.2, -0.15) is 0 Å². The highest BCUT2D eigenvalue weighted by molar-refractivity contribution is 6.74. The molecule has 1 spiro atoms. The molecule has 0 aromatic heterocycles. The second kappa shape index (κ2) is 7.22. The number of aliphatic hydroxyl groups is 1. The van der Waals surface area contributed by atoms with Crippen molar-refractivity contribution in [2.24, 2.45) is 17.8 Å². The van der Waals surface area contributed by atoms with Crippen molar-refractivity contribution in [3.8, 4) is 11.8 Å². The highest BCUT2D eigenvalue weighted by atomic mass is 28.4. The largest absolute Gasteiger partial charge is 0.403 e. The number of fused-ring (bicyclic) bond motifs is 2. The molecule has 1 saturated heterocycles. The lowest BCUT2D eigenvalue weighted by Gasteiger charge is -2.48. The van der Waals surface area contributed by atoms with Crippen LogP contribution < -0.4 is 0 Å². The molecular weight excluding hydrogens is 344 g/mol. The molecule has 148 valence electrons. The zero-order valence-electron chi connectivity index (χ0n) is 17.3. The van der Waals surface area contributed by atoms with Crippen LogP contribution in [0.5, 0.6) is 0 Å². The lowest BCUT2D eigenvalue weighted by Crippen LogP contribution is -2.54. The molecule has 2 saturated carbocycles. The normalized spacial score (nSPS) is 34.1. The van der Waals surface area contributed by atoms with Crippen LogP contribution in [-0.4, -0.2) is 44.6 Å². The minimum atomic E-state index is -1.85.